The summed E-state index contributed by atoms with van der Waals surface area (Å²) in [6, 6.07) is 8.75. The van der Waals surface area contributed by atoms with E-state index in [1.54, 1.807) is 13.1 Å². The predicted molar refractivity (Wildman–Crippen MR) is 88.1 cm³/mol. The molecule has 1 heterocycles. The minimum Gasteiger partial charge on any atom is -0.455 e. The molecule has 0 saturated carbocycles. The lowest BCUT2D eigenvalue weighted by Gasteiger charge is -2.17. The van der Waals surface area contributed by atoms with E-state index in [4.69, 9.17) is 9.56 Å². The van der Waals surface area contributed by atoms with Gasteiger partial charge in [0.25, 0.3) is 5.91 Å². The third kappa shape index (κ3) is 3.62. The summed E-state index contributed by atoms with van der Waals surface area (Å²) in [6.45, 7) is 5.58. The average Bonchev–Trinajstić information content (AvgIpc) is 2.88. The van der Waals surface area contributed by atoms with Crippen LogP contribution >= 0.6 is 0 Å². The van der Waals surface area contributed by atoms with Crippen LogP contribution in [0.5, 0.6) is 0 Å². The molecule has 0 unspecified atom stereocenters. The van der Waals surface area contributed by atoms with Gasteiger partial charge in [-0.2, -0.15) is 0 Å². The lowest BCUT2D eigenvalue weighted by atomic mass is 10.0. The molecule has 0 aliphatic rings. The summed E-state index contributed by atoms with van der Waals surface area (Å²) >= 11 is 0. The molecule has 124 valence electrons. The zero-order chi connectivity index (χ0) is 17.4. The van der Waals surface area contributed by atoms with E-state index in [2.05, 4.69) is 13.8 Å². The molecule has 1 aromatic heterocycles. The Balaban J connectivity index is 2.35. The number of anilines is 1. The van der Waals surface area contributed by atoms with E-state index in [0.717, 1.165) is 11.6 Å². The highest BCUT2D eigenvalue weighted by atomic mass is 32.2. The third-order valence-electron chi connectivity index (χ3n) is 3.62. The summed E-state index contributed by atoms with van der Waals surface area (Å²) in [5, 5.41) is 5.10. The maximum atomic E-state index is 12.5. The van der Waals surface area contributed by atoms with E-state index >= 15 is 0 Å². The van der Waals surface area contributed by atoms with Gasteiger partial charge in [-0.3, -0.25) is 4.79 Å². The first kappa shape index (κ1) is 17.2. The van der Waals surface area contributed by atoms with Gasteiger partial charge in [-0.1, -0.05) is 26.0 Å². The number of hydrogen-bond acceptors (Lipinski definition) is 4. The van der Waals surface area contributed by atoms with Crippen molar-refractivity contribution in [1.29, 1.82) is 0 Å². The number of hydrogen-bond donors (Lipinski definition) is 1. The van der Waals surface area contributed by atoms with Crippen LogP contribution in [0.15, 0.2) is 39.6 Å². The molecular formula is C16H20N2O4S. The predicted octanol–water partition coefficient (Wildman–Crippen LogP) is 2.64. The molecule has 0 aliphatic carbocycles. The van der Waals surface area contributed by atoms with Gasteiger partial charge in [-0.25, -0.2) is 13.6 Å². The van der Waals surface area contributed by atoms with Crippen molar-refractivity contribution in [1.82, 2.24) is 0 Å². The number of benzene rings is 1. The van der Waals surface area contributed by atoms with Crippen molar-refractivity contribution in [3.05, 3.63) is 47.4 Å². The number of primary sulfonamides is 1. The van der Waals surface area contributed by atoms with Crippen LogP contribution in [0.2, 0.25) is 0 Å². The third-order valence-corrected chi connectivity index (χ3v) is 4.64. The van der Waals surface area contributed by atoms with Gasteiger partial charge in [0.15, 0.2) is 5.76 Å². The Morgan fingerprint density at radius 3 is 2.43 bits per heavy atom. The van der Waals surface area contributed by atoms with Crippen molar-refractivity contribution in [2.45, 2.75) is 31.6 Å². The van der Waals surface area contributed by atoms with Crippen LogP contribution in [0.1, 0.15) is 41.6 Å². The van der Waals surface area contributed by atoms with Crippen LogP contribution in [0, 0.1) is 6.92 Å². The molecule has 0 spiro atoms. The number of nitrogens with zero attached hydrogens (tertiary/aromatic N) is 1. The van der Waals surface area contributed by atoms with Crippen molar-refractivity contribution < 1.29 is 17.6 Å². The molecule has 2 rings (SSSR count). The van der Waals surface area contributed by atoms with E-state index in [1.807, 2.05) is 18.2 Å². The number of sulfonamides is 1. The zero-order valence-electron chi connectivity index (χ0n) is 13.5. The van der Waals surface area contributed by atoms with Gasteiger partial charge in [-0.05, 0) is 30.5 Å². The number of furan rings is 1. The van der Waals surface area contributed by atoms with Crippen LogP contribution < -0.4 is 10.0 Å². The van der Waals surface area contributed by atoms with Gasteiger partial charge in [0, 0.05) is 18.8 Å². The number of amides is 1. The summed E-state index contributed by atoms with van der Waals surface area (Å²) in [5.74, 6) is -0.0774. The highest BCUT2D eigenvalue weighted by Crippen LogP contribution is 2.24. The molecule has 23 heavy (non-hydrogen) atoms. The summed E-state index contributed by atoms with van der Waals surface area (Å²) < 4.78 is 28.2. The van der Waals surface area contributed by atoms with Crippen molar-refractivity contribution >= 4 is 21.6 Å². The molecule has 2 N–H and O–H groups in total. The van der Waals surface area contributed by atoms with Crippen LogP contribution in [0.25, 0.3) is 0 Å². The number of aryl methyl sites for hydroxylation is 1. The maximum Gasteiger partial charge on any atom is 0.293 e. The van der Waals surface area contributed by atoms with E-state index in [1.165, 1.54) is 11.8 Å². The highest BCUT2D eigenvalue weighted by molar-refractivity contribution is 7.89. The minimum absolute atomic E-state index is 0.0658. The molecule has 0 aliphatic heterocycles. The Morgan fingerprint density at radius 1 is 1.26 bits per heavy atom. The van der Waals surface area contributed by atoms with Gasteiger partial charge < -0.3 is 9.32 Å². The second kappa shape index (κ2) is 6.17. The fourth-order valence-electron chi connectivity index (χ4n) is 2.23. The number of carbonyl (C=O) groups excluding carboxylic acids is 1. The topological polar surface area (TPSA) is 93.6 Å². The summed E-state index contributed by atoms with van der Waals surface area (Å²) in [6.07, 6.45) is 0. The lowest BCUT2D eigenvalue weighted by molar-refractivity contribution is 0.0965. The molecule has 6 nitrogen and oxygen atoms in total. The van der Waals surface area contributed by atoms with Gasteiger partial charge in [-0.15, -0.1) is 0 Å². The van der Waals surface area contributed by atoms with Gasteiger partial charge >= 0.3 is 0 Å². The number of nitrogens with two attached hydrogens (primary N) is 1. The first-order valence-corrected chi connectivity index (χ1v) is 8.67. The zero-order valence-corrected chi connectivity index (χ0v) is 14.3. The highest BCUT2D eigenvalue weighted by Gasteiger charge is 2.23. The second-order valence-corrected chi connectivity index (χ2v) is 7.22. The largest absolute Gasteiger partial charge is 0.455 e. The van der Waals surface area contributed by atoms with E-state index in [9.17, 15) is 13.2 Å². The first-order chi connectivity index (χ1) is 10.6. The summed E-state index contributed by atoms with van der Waals surface area (Å²) in [5.41, 5.74) is 1.80. The fraction of sp³-hybridized carbons (Fsp3) is 0.312. The Labute approximate surface area is 135 Å². The molecule has 0 fully saturated rings. The van der Waals surface area contributed by atoms with Crippen LogP contribution in [0.4, 0.5) is 5.69 Å². The SMILES string of the molecule is Cc1oc(C(=O)N(C)c2cccc(C(C)C)c2)cc1S(N)(=O)=O. The van der Waals surface area contributed by atoms with Crippen molar-refractivity contribution in [3.8, 4) is 0 Å². The Hall–Kier alpha value is -2.12. The molecule has 0 saturated heterocycles. The molecule has 1 aromatic carbocycles. The van der Waals surface area contributed by atoms with E-state index in [0.29, 0.717) is 11.6 Å². The molecule has 0 atom stereocenters. The normalized spacial score (nSPS) is 11.7. The van der Waals surface area contributed by atoms with Crippen molar-refractivity contribution in [3.63, 3.8) is 0 Å². The molecule has 0 radical (unpaired) electrons. The number of rotatable bonds is 4. The Morgan fingerprint density at radius 2 is 1.91 bits per heavy atom. The summed E-state index contributed by atoms with van der Waals surface area (Å²) in [4.78, 5) is 13.8. The fourth-order valence-corrected chi connectivity index (χ4v) is 2.94. The van der Waals surface area contributed by atoms with Gasteiger partial charge in [0.1, 0.15) is 10.7 Å². The quantitative estimate of drug-likeness (QED) is 0.928. The standard InChI is InChI=1S/C16H20N2O4S/c1-10(2)12-6-5-7-13(8-12)18(4)16(19)14-9-15(11(3)22-14)23(17,20)21/h5-10H,1-4H3,(H2,17,20,21). The second-order valence-electron chi connectivity index (χ2n) is 5.69. The minimum atomic E-state index is -3.92. The van der Waals surface area contributed by atoms with Crippen LogP contribution in [-0.4, -0.2) is 21.4 Å². The van der Waals surface area contributed by atoms with Gasteiger partial charge in [0.05, 0.1) is 0 Å². The molecular weight excluding hydrogens is 316 g/mol. The number of carbonyl (C=O) groups is 1. The van der Waals surface area contributed by atoms with Gasteiger partial charge in [0.2, 0.25) is 10.0 Å². The lowest BCUT2D eigenvalue weighted by Crippen LogP contribution is -2.26. The maximum absolute atomic E-state index is 12.5. The smallest absolute Gasteiger partial charge is 0.293 e. The average molecular weight is 336 g/mol. The molecule has 7 heteroatoms. The van der Waals surface area contributed by atoms with Crippen LogP contribution in [0.3, 0.4) is 0 Å². The molecule has 2 aromatic rings. The molecule has 0 bridgehead atoms. The monoisotopic (exact) mass is 336 g/mol. The Kier molecular flexibility index (Phi) is 4.63. The van der Waals surface area contributed by atoms with E-state index in [-0.39, 0.29) is 16.4 Å². The van der Waals surface area contributed by atoms with Crippen molar-refractivity contribution in [2.75, 3.05) is 11.9 Å². The van der Waals surface area contributed by atoms with Crippen LogP contribution in [-0.2, 0) is 10.0 Å². The van der Waals surface area contributed by atoms with Crippen molar-refractivity contribution in [2.24, 2.45) is 5.14 Å². The Bertz CT molecular complexity index is 838. The molecule has 1 amide bonds. The van der Waals surface area contributed by atoms with E-state index < -0.39 is 15.9 Å². The first-order valence-electron chi connectivity index (χ1n) is 7.12. The summed E-state index contributed by atoms with van der Waals surface area (Å²) in [7, 11) is -2.31.